The highest BCUT2D eigenvalue weighted by Gasteiger charge is 2.22. The maximum Gasteiger partial charge on any atom is 0.251 e. The number of rotatable bonds is 5. The lowest BCUT2D eigenvalue weighted by molar-refractivity contribution is -0.117. The molecule has 0 spiro atoms. The van der Waals surface area contributed by atoms with Crippen molar-refractivity contribution in [3.8, 4) is 0 Å². The molecule has 2 rings (SSSR count). The molecule has 114 valence electrons. The van der Waals surface area contributed by atoms with Crippen molar-refractivity contribution in [2.45, 2.75) is 6.04 Å². The Labute approximate surface area is 134 Å². The minimum Gasteiger partial charge on any atom is -0.349 e. The molecule has 1 aromatic carbocycles. The molecule has 1 atom stereocenters. The summed E-state index contributed by atoms with van der Waals surface area (Å²) in [6, 6.07) is 6.68. The number of hydrogen-bond acceptors (Lipinski definition) is 4. The number of nitrogens with one attached hydrogen (secondary N) is 3. The molecule has 7 heteroatoms. The van der Waals surface area contributed by atoms with Crippen LogP contribution >= 0.6 is 24.2 Å². The summed E-state index contributed by atoms with van der Waals surface area (Å²) in [5.74, 6) is 1.39. The van der Waals surface area contributed by atoms with Crippen molar-refractivity contribution in [3.05, 3.63) is 42.5 Å². The van der Waals surface area contributed by atoms with Crippen molar-refractivity contribution in [2.24, 2.45) is 0 Å². The van der Waals surface area contributed by atoms with Gasteiger partial charge in [-0.25, -0.2) is 0 Å². The van der Waals surface area contributed by atoms with E-state index >= 15 is 0 Å². The van der Waals surface area contributed by atoms with E-state index in [0.29, 0.717) is 17.8 Å². The topological polar surface area (TPSA) is 70.2 Å². The van der Waals surface area contributed by atoms with Crippen LogP contribution in [0.1, 0.15) is 10.4 Å². The van der Waals surface area contributed by atoms with Crippen LogP contribution in [0.4, 0.5) is 5.69 Å². The van der Waals surface area contributed by atoms with Gasteiger partial charge in [-0.3, -0.25) is 14.9 Å². The van der Waals surface area contributed by atoms with E-state index in [1.165, 1.54) is 0 Å². The SMILES string of the molecule is C=CCNC(=O)c1ccc(NC(=O)C2CSCN2)cc1.Cl. The first-order chi connectivity index (χ1) is 9.70. The van der Waals surface area contributed by atoms with E-state index in [-0.39, 0.29) is 30.3 Å². The highest BCUT2D eigenvalue weighted by molar-refractivity contribution is 7.99. The van der Waals surface area contributed by atoms with E-state index in [0.717, 1.165) is 11.6 Å². The second-order valence-corrected chi connectivity index (χ2v) is 5.37. The van der Waals surface area contributed by atoms with Gasteiger partial charge in [0.05, 0.1) is 6.04 Å². The molecule has 1 aromatic rings. The van der Waals surface area contributed by atoms with E-state index in [1.54, 1.807) is 42.1 Å². The van der Waals surface area contributed by atoms with Crippen LogP contribution in [-0.4, -0.2) is 36.0 Å². The van der Waals surface area contributed by atoms with E-state index in [9.17, 15) is 9.59 Å². The largest absolute Gasteiger partial charge is 0.349 e. The van der Waals surface area contributed by atoms with Crippen LogP contribution in [0.5, 0.6) is 0 Å². The zero-order valence-corrected chi connectivity index (χ0v) is 13.1. The van der Waals surface area contributed by atoms with Crippen LogP contribution < -0.4 is 16.0 Å². The van der Waals surface area contributed by atoms with Crippen LogP contribution in [0.25, 0.3) is 0 Å². The fourth-order valence-electron chi connectivity index (χ4n) is 1.76. The number of thioether (sulfide) groups is 1. The number of carbonyl (C=O) groups excluding carboxylic acids is 2. The Kier molecular flexibility index (Phi) is 7.28. The molecule has 0 bridgehead atoms. The van der Waals surface area contributed by atoms with Gasteiger partial charge < -0.3 is 10.6 Å². The summed E-state index contributed by atoms with van der Waals surface area (Å²) in [4.78, 5) is 23.6. The quantitative estimate of drug-likeness (QED) is 0.719. The molecule has 21 heavy (non-hydrogen) atoms. The third-order valence-corrected chi connectivity index (χ3v) is 3.79. The van der Waals surface area contributed by atoms with Gasteiger partial charge in [-0.2, -0.15) is 0 Å². The zero-order valence-electron chi connectivity index (χ0n) is 11.4. The molecular weight excluding hydrogens is 310 g/mol. The normalized spacial score (nSPS) is 16.7. The molecule has 1 unspecified atom stereocenters. The summed E-state index contributed by atoms with van der Waals surface area (Å²) in [5, 5.41) is 8.63. The predicted molar refractivity (Wildman–Crippen MR) is 89.1 cm³/mol. The maximum absolute atomic E-state index is 11.9. The smallest absolute Gasteiger partial charge is 0.251 e. The van der Waals surface area contributed by atoms with Crippen LogP contribution in [-0.2, 0) is 4.79 Å². The monoisotopic (exact) mass is 327 g/mol. The van der Waals surface area contributed by atoms with Gasteiger partial charge in [0.2, 0.25) is 5.91 Å². The standard InChI is InChI=1S/C14H17N3O2S.ClH/c1-2-7-15-13(18)10-3-5-11(6-4-10)17-14(19)12-8-20-9-16-12;/h2-6,12,16H,1,7-9H2,(H,15,18)(H,17,19);1H. The summed E-state index contributed by atoms with van der Waals surface area (Å²) in [5.41, 5.74) is 1.24. The number of hydrogen-bond donors (Lipinski definition) is 3. The van der Waals surface area contributed by atoms with Crippen molar-refractivity contribution in [1.82, 2.24) is 10.6 Å². The molecule has 0 radical (unpaired) electrons. The van der Waals surface area contributed by atoms with Gasteiger partial charge in [-0.1, -0.05) is 6.08 Å². The summed E-state index contributed by atoms with van der Waals surface area (Å²) in [6.07, 6.45) is 1.62. The van der Waals surface area contributed by atoms with Crippen LogP contribution in [0, 0.1) is 0 Å². The third kappa shape index (κ3) is 5.08. The molecule has 0 saturated carbocycles. The van der Waals surface area contributed by atoms with Crippen molar-refractivity contribution in [3.63, 3.8) is 0 Å². The lowest BCUT2D eigenvalue weighted by Crippen LogP contribution is -2.37. The van der Waals surface area contributed by atoms with Crippen LogP contribution in [0.2, 0.25) is 0 Å². The third-order valence-electron chi connectivity index (χ3n) is 2.85. The van der Waals surface area contributed by atoms with E-state index in [2.05, 4.69) is 22.5 Å². The number of halogens is 1. The highest BCUT2D eigenvalue weighted by Crippen LogP contribution is 2.13. The Hall–Kier alpha value is -1.50. The Morgan fingerprint density at radius 3 is 2.67 bits per heavy atom. The second kappa shape index (κ2) is 8.71. The van der Waals surface area contributed by atoms with Crippen molar-refractivity contribution in [2.75, 3.05) is 23.5 Å². The fraction of sp³-hybridized carbons (Fsp3) is 0.286. The first-order valence-corrected chi connectivity index (χ1v) is 7.47. The Morgan fingerprint density at radius 2 is 2.10 bits per heavy atom. The van der Waals surface area contributed by atoms with Crippen molar-refractivity contribution < 1.29 is 9.59 Å². The van der Waals surface area contributed by atoms with Gasteiger partial charge in [-0.05, 0) is 24.3 Å². The Balaban J connectivity index is 0.00000220. The van der Waals surface area contributed by atoms with E-state index in [4.69, 9.17) is 0 Å². The molecule has 1 aliphatic rings. The maximum atomic E-state index is 11.9. The van der Waals surface area contributed by atoms with Gasteiger partial charge in [0, 0.05) is 29.4 Å². The van der Waals surface area contributed by atoms with Gasteiger partial charge in [0.1, 0.15) is 0 Å². The molecule has 5 nitrogen and oxygen atoms in total. The number of amides is 2. The van der Waals surface area contributed by atoms with E-state index < -0.39 is 0 Å². The highest BCUT2D eigenvalue weighted by atomic mass is 35.5. The van der Waals surface area contributed by atoms with Crippen molar-refractivity contribution >= 4 is 41.7 Å². The first-order valence-electron chi connectivity index (χ1n) is 6.32. The Bertz CT molecular complexity index is 501. The molecule has 1 fully saturated rings. The fourth-order valence-corrected chi connectivity index (χ4v) is 2.71. The molecule has 3 N–H and O–H groups in total. The Morgan fingerprint density at radius 1 is 1.38 bits per heavy atom. The number of benzene rings is 1. The minimum absolute atomic E-state index is 0. The van der Waals surface area contributed by atoms with Crippen LogP contribution in [0.15, 0.2) is 36.9 Å². The summed E-state index contributed by atoms with van der Waals surface area (Å²) >= 11 is 1.70. The van der Waals surface area contributed by atoms with Crippen molar-refractivity contribution in [1.29, 1.82) is 0 Å². The average Bonchev–Trinajstić information content (AvgIpc) is 3.00. The first kappa shape index (κ1) is 17.6. The van der Waals surface area contributed by atoms with Gasteiger partial charge in [0.15, 0.2) is 0 Å². The number of anilines is 1. The molecule has 0 aliphatic carbocycles. The molecule has 0 aromatic heterocycles. The molecule has 2 amide bonds. The summed E-state index contributed by atoms with van der Waals surface area (Å²) in [6.45, 7) is 3.97. The average molecular weight is 328 g/mol. The second-order valence-electron chi connectivity index (χ2n) is 4.34. The molecule has 1 heterocycles. The van der Waals surface area contributed by atoms with Gasteiger partial charge >= 0.3 is 0 Å². The molecular formula is C14H18ClN3O2S. The molecule has 1 aliphatic heterocycles. The lowest BCUT2D eigenvalue weighted by atomic mass is 10.2. The predicted octanol–water partition coefficient (Wildman–Crippen LogP) is 1.63. The minimum atomic E-state index is -0.156. The van der Waals surface area contributed by atoms with Gasteiger partial charge in [-0.15, -0.1) is 30.7 Å². The van der Waals surface area contributed by atoms with E-state index in [1.807, 2.05) is 0 Å². The molecule has 1 saturated heterocycles. The lowest BCUT2D eigenvalue weighted by Gasteiger charge is -2.10. The van der Waals surface area contributed by atoms with Gasteiger partial charge in [0.25, 0.3) is 5.91 Å². The summed E-state index contributed by atoms with van der Waals surface area (Å²) in [7, 11) is 0. The zero-order chi connectivity index (χ0) is 14.4. The van der Waals surface area contributed by atoms with Crippen LogP contribution in [0.3, 0.4) is 0 Å². The summed E-state index contributed by atoms with van der Waals surface area (Å²) < 4.78 is 0. The number of carbonyl (C=O) groups is 2.